The van der Waals surface area contributed by atoms with Gasteiger partial charge < -0.3 is 10.1 Å². The van der Waals surface area contributed by atoms with Crippen LogP contribution >= 0.6 is 0 Å². The van der Waals surface area contributed by atoms with Crippen LogP contribution in [0.2, 0.25) is 0 Å². The van der Waals surface area contributed by atoms with Gasteiger partial charge in [-0.2, -0.15) is 0 Å². The van der Waals surface area contributed by atoms with E-state index >= 15 is 0 Å². The Balaban J connectivity index is 1.42. The predicted octanol–water partition coefficient (Wildman–Crippen LogP) is 4.32. The highest BCUT2D eigenvalue weighted by molar-refractivity contribution is 6.10. The number of aliphatic imine (C=N–C) groups is 1. The van der Waals surface area contributed by atoms with Gasteiger partial charge in [-0.25, -0.2) is 4.98 Å². The molecule has 0 bridgehead atoms. The largest absolute Gasteiger partial charge is 0.474 e. The molecule has 0 unspecified atom stereocenters. The summed E-state index contributed by atoms with van der Waals surface area (Å²) >= 11 is 0. The lowest BCUT2D eigenvalue weighted by molar-refractivity contribution is 0.204. The summed E-state index contributed by atoms with van der Waals surface area (Å²) in [6.07, 6.45) is 8.69. The highest BCUT2D eigenvalue weighted by Gasteiger charge is 2.19. The summed E-state index contributed by atoms with van der Waals surface area (Å²) < 4.78 is 6.14. The molecule has 2 aromatic heterocycles. The van der Waals surface area contributed by atoms with Crippen molar-refractivity contribution in [3.63, 3.8) is 0 Å². The van der Waals surface area contributed by atoms with Crippen molar-refractivity contribution in [2.75, 3.05) is 5.32 Å². The number of benzene rings is 1. The predicted molar refractivity (Wildman–Crippen MR) is 103 cm³/mol. The molecule has 1 fully saturated rings. The fourth-order valence-corrected chi connectivity index (χ4v) is 3.74. The third kappa shape index (κ3) is 2.79. The number of amidine groups is 1. The van der Waals surface area contributed by atoms with Crippen LogP contribution in [0.3, 0.4) is 0 Å². The van der Waals surface area contributed by atoms with Gasteiger partial charge in [-0.1, -0.05) is 6.07 Å². The number of ether oxygens (including phenoxy) is 1. The summed E-state index contributed by atoms with van der Waals surface area (Å²) in [6.45, 7) is 0.683. The van der Waals surface area contributed by atoms with Crippen molar-refractivity contribution in [2.24, 2.45) is 4.99 Å². The maximum Gasteiger partial charge on any atom is 0.221 e. The second kappa shape index (κ2) is 6.41. The Morgan fingerprint density at radius 1 is 1.00 bits per heavy atom. The smallest absolute Gasteiger partial charge is 0.221 e. The fourth-order valence-electron chi connectivity index (χ4n) is 3.74. The summed E-state index contributed by atoms with van der Waals surface area (Å²) in [6, 6.07) is 12.3. The molecule has 1 aliphatic heterocycles. The first-order valence-corrected chi connectivity index (χ1v) is 9.18. The topological polar surface area (TPSA) is 59.4 Å². The van der Waals surface area contributed by atoms with Gasteiger partial charge in [-0.3, -0.25) is 9.98 Å². The van der Waals surface area contributed by atoms with Gasteiger partial charge in [0, 0.05) is 29.0 Å². The van der Waals surface area contributed by atoms with E-state index in [0.29, 0.717) is 12.6 Å². The normalized spacial score (nSPS) is 16.5. The van der Waals surface area contributed by atoms with Gasteiger partial charge in [0.1, 0.15) is 11.8 Å². The van der Waals surface area contributed by atoms with Gasteiger partial charge in [0.05, 0.1) is 6.54 Å². The first kappa shape index (κ1) is 15.3. The van der Waals surface area contributed by atoms with Crippen LogP contribution in [-0.4, -0.2) is 21.9 Å². The zero-order chi connectivity index (χ0) is 17.3. The zero-order valence-corrected chi connectivity index (χ0v) is 14.5. The molecular formula is C21H20N4O. The summed E-state index contributed by atoms with van der Waals surface area (Å²) in [5, 5.41) is 5.57. The molecule has 130 valence electrons. The standard InChI is InChI=1S/C21H20N4O/c1-2-6-17(5-1)26-21-18-8-7-16(12-14(18)9-11-23-21)25-20-19-15(13-24-20)4-3-10-22-19/h3-4,7-12,17H,1-2,5-6,13H2,(H,24,25). The summed E-state index contributed by atoms with van der Waals surface area (Å²) in [5.74, 6) is 1.57. The molecule has 3 heterocycles. The number of rotatable bonds is 3. The maximum absolute atomic E-state index is 6.14. The number of fused-ring (bicyclic) bond motifs is 2. The van der Waals surface area contributed by atoms with Crippen LogP contribution in [0.25, 0.3) is 10.8 Å². The van der Waals surface area contributed by atoms with E-state index in [9.17, 15) is 0 Å². The molecule has 3 aromatic rings. The van der Waals surface area contributed by atoms with Crippen LogP contribution in [0.5, 0.6) is 5.88 Å². The van der Waals surface area contributed by atoms with Crippen LogP contribution in [0.1, 0.15) is 36.9 Å². The molecule has 2 aliphatic rings. The van der Waals surface area contributed by atoms with Crippen molar-refractivity contribution in [3.8, 4) is 5.88 Å². The second-order valence-corrected chi connectivity index (χ2v) is 6.88. The summed E-state index contributed by atoms with van der Waals surface area (Å²) in [4.78, 5) is 13.5. The average molecular weight is 344 g/mol. The van der Waals surface area contributed by atoms with Crippen LogP contribution in [0.15, 0.2) is 53.8 Å². The van der Waals surface area contributed by atoms with Crippen LogP contribution < -0.4 is 10.1 Å². The highest BCUT2D eigenvalue weighted by atomic mass is 16.5. The summed E-state index contributed by atoms with van der Waals surface area (Å²) in [5.41, 5.74) is 3.09. The number of nitrogens with one attached hydrogen (secondary N) is 1. The van der Waals surface area contributed by atoms with Gasteiger partial charge in [0.25, 0.3) is 0 Å². The quantitative estimate of drug-likeness (QED) is 0.768. The molecule has 0 saturated heterocycles. The van der Waals surface area contributed by atoms with E-state index in [1.54, 1.807) is 6.20 Å². The minimum absolute atomic E-state index is 0.307. The lowest BCUT2D eigenvalue weighted by atomic mass is 10.1. The van der Waals surface area contributed by atoms with E-state index in [1.807, 2.05) is 18.3 Å². The second-order valence-electron chi connectivity index (χ2n) is 6.88. The van der Waals surface area contributed by atoms with E-state index in [-0.39, 0.29) is 0 Å². The minimum atomic E-state index is 0.307. The molecular weight excluding hydrogens is 324 g/mol. The zero-order valence-electron chi connectivity index (χ0n) is 14.5. The van der Waals surface area contributed by atoms with Crippen molar-refractivity contribution in [2.45, 2.75) is 38.3 Å². The number of anilines is 1. The van der Waals surface area contributed by atoms with Crippen molar-refractivity contribution >= 4 is 22.3 Å². The highest BCUT2D eigenvalue weighted by Crippen LogP contribution is 2.30. The van der Waals surface area contributed by atoms with Crippen LogP contribution in [0, 0.1) is 0 Å². The molecule has 1 saturated carbocycles. The number of hydrogen-bond acceptors (Lipinski definition) is 5. The lowest BCUT2D eigenvalue weighted by Crippen LogP contribution is -2.13. The van der Waals surface area contributed by atoms with Gasteiger partial charge in [0.15, 0.2) is 5.84 Å². The molecule has 0 spiro atoms. The van der Waals surface area contributed by atoms with Gasteiger partial charge in [-0.15, -0.1) is 0 Å². The van der Waals surface area contributed by atoms with Gasteiger partial charge in [-0.05, 0) is 61.4 Å². The Morgan fingerprint density at radius 2 is 1.92 bits per heavy atom. The maximum atomic E-state index is 6.14. The van der Waals surface area contributed by atoms with Crippen molar-refractivity contribution in [1.82, 2.24) is 9.97 Å². The molecule has 1 aromatic carbocycles. The van der Waals surface area contributed by atoms with Crippen molar-refractivity contribution < 1.29 is 4.74 Å². The molecule has 0 amide bonds. The molecule has 5 heteroatoms. The fraction of sp³-hybridized carbons (Fsp3) is 0.286. The molecule has 0 atom stereocenters. The van der Waals surface area contributed by atoms with Gasteiger partial charge in [0.2, 0.25) is 5.88 Å². The minimum Gasteiger partial charge on any atom is -0.474 e. The molecule has 0 radical (unpaired) electrons. The van der Waals surface area contributed by atoms with E-state index < -0.39 is 0 Å². The molecule has 1 N–H and O–H groups in total. The van der Waals surface area contributed by atoms with E-state index in [2.05, 4.69) is 44.5 Å². The Hall–Kier alpha value is -2.95. The number of aromatic nitrogens is 2. The Morgan fingerprint density at radius 3 is 2.85 bits per heavy atom. The van der Waals surface area contributed by atoms with E-state index in [0.717, 1.165) is 52.3 Å². The Bertz CT molecular complexity index is 992. The SMILES string of the molecule is c1cnc2c(c1)CN=C2Nc1ccc2c(OC3CCCC3)nccc2c1. The molecule has 5 rings (SSSR count). The van der Waals surface area contributed by atoms with Crippen molar-refractivity contribution in [1.29, 1.82) is 0 Å². The third-order valence-electron chi connectivity index (χ3n) is 5.09. The first-order chi connectivity index (χ1) is 12.9. The van der Waals surface area contributed by atoms with Crippen molar-refractivity contribution in [3.05, 3.63) is 60.0 Å². The molecule has 1 aliphatic carbocycles. The van der Waals surface area contributed by atoms with E-state index in [4.69, 9.17) is 4.74 Å². The number of nitrogens with zero attached hydrogens (tertiary/aromatic N) is 3. The summed E-state index contributed by atoms with van der Waals surface area (Å²) in [7, 11) is 0. The molecule has 5 nitrogen and oxygen atoms in total. The third-order valence-corrected chi connectivity index (χ3v) is 5.09. The van der Waals surface area contributed by atoms with E-state index in [1.165, 1.54) is 12.8 Å². The molecule has 26 heavy (non-hydrogen) atoms. The monoisotopic (exact) mass is 344 g/mol. The Labute approximate surface area is 152 Å². The van der Waals surface area contributed by atoms with Crippen LogP contribution in [0.4, 0.5) is 5.69 Å². The van der Waals surface area contributed by atoms with Crippen LogP contribution in [-0.2, 0) is 6.54 Å². The van der Waals surface area contributed by atoms with Gasteiger partial charge >= 0.3 is 0 Å². The lowest BCUT2D eigenvalue weighted by Gasteiger charge is -2.14. The number of hydrogen-bond donors (Lipinski definition) is 1. The first-order valence-electron chi connectivity index (χ1n) is 9.18. The Kier molecular flexibility index (Phi) is 3.77. The average Bonchev–Trinajstić information content (AvgIpc) is 3.32. The number of pyridine rings is 2.